The standard InChI is InChI=1S/C25H28N6O3/c1-16-13-31-23(27-24(16)29-14-17(12-26)21(32)15-29)11-19(28-31)20-8-5-6-10-30(20)25(33)18-7-3-4-9-22(18)34-2/h3-4,7,9,11,13,17,20-21,32H,5-6,8,10,14-15H2,1-2H3/t17-,20+,21+/m1/s1. The van der Waals surface area contributed by atoms with Gasteiger partial charge in [0.1, 0.15) is 11.6 Å². The second-order valence-corrected chi connectivity index (χ2v) is 9.04. The fraction of sp³-hybridized carbons (Fsp3) is 0.440. The molecule has 3 aromatic rings. The van der Waals surface area contributed by atoms with Gasteiger partial charge in [0.15, 0.2) is 5.65 Å². The summed E-state index contributed by atoms with van der Waals surface area (Å²) in [6.07, 6.45) is 4.04. The van der Waals surface area contributed by atoms with E-state index in [1.54, 1.807) is 23.8 Å². The molecule has 5 rings (SSSR count). The highest BCUT2D eigenvalue weighted by molar-refractivity contribution is 5.97. The van der Waals surface area contributed by atoms with Crippen molar-refractivity contribution in [1.29, 1.82) is 5.26 Å². The Kier molecular flexibility index (Phi) is 5.84. The number of amides is 1. The van der Waals surface area contributed by atoms with Crippen LogP contribution in [0.4, 0.5) is 5.82 Å². The van der Waals surface area contributed by atoms with Gasteiger partial charge in [-0.3, -0.25) is 4.79 Å². The number of aromatic nitrogens is 3. The fourth-order valence-electron chi connectivity index (χ4n) is 5.05. The highest BCUT2D eigenvalue weighted by Crippen LogP contribution is 2.34. The summed E-state index contributed by atoms with van der Waals surface area (Å²) in [5.74, 6) is 0.839. The summed E-state index contributed by atoms with van der Waals surface area (Å²) in [7, 11) is 1.58. The summed E-state index contributed by atoms with van der Waals surface area (Å²) in [6.45, 7) is 3.45. The number of para-hydroxylation sites is 1. The second kappa shape index (κ2) is 8.95. The third-order valence-electron chi connectivity index (χ3n) is 6.82. The van der Waals surface area contributed by atoms with Gasteiger partial charge in [-0.25, -0.2) is 9.50 Å². The Hall–Kier alpha value is -3.64. The van der Waals surface area contributed by atoms with Crippen LogP contribution in [0.5, 0.6) is 5.75 Å². The summed E-state index contributed by atoms with van der Waals surface area (Å²) < 4.78 is 7.18. The first-order valence-corrected chi connectivity index (χ1v) is 11.6. The lowest BCUT2D eigenvalue weighted by atomic mass is 9.98. The smallest absolute Gasteiger partial charge is 0.258 e. The molecule has 9 heteroatoms. The minimum Gasteiger partial charge on any atom is -0.496 e. The lowest BCUT2D eigenvalue weighted by molar-refractivity contribution is 0.0602. The first-order chi connectivity index (χ1) is 16.5. The van der Waals surface area contributed by atoms with E-state index in [1.807, 2.05) is 41.1 Å². The number of aliphatic hydroxyl groups excluding tert-OH is 1. The molecule has 0 unspecified atom stereocenters. The van der Waals surface area contributed by atoms with Crippen molar-refractivity contribution in [3.8, 4) is 11.8 Å². The number of β-amino-alcohol motifs (C(OH)–C–C–N with tert-alkyl or cyclic N) is 1. The van der Waals surface area contributed by atoms with Crippen LogP contribution in [0.3, 0.4) is 0 Å². The zero-order valence-electron chi connectivity index (χ0n) is 19.4. The summed E-state index contributed by atoms with van der Waals surface area (Å²) in [6, 6.07) is 11.3. The summed E-state index contributed by atoms with van der Waals surface area (Å²) in [5, 5.41) is 24.2. The molecular formula is C25H28N6O3. The van der Waals surface area contributed by atoms with Crippen molar-refractivity contribution < 1.29 is 14.6 Å². The Labute approximate surface area is 198 Å². The number of carbonyl (C=O) groups is 1. The van der Waals surface area contributed by atoms with Crippen molar-refractivity contribution in [2.24, 2.45) is 5.92 Å². The number of likely N-dealkylation sites (tertiary alicyclic amines) is 1. The lowest BCUT2D eigenvalue weighted by Crippen LogP contribution is -2.38. The van der Waals surface area contributed by atoms with Gasteiger partial charge in [0.05, 0.1) is 42.5 Å². The van der Waals surface area contributed by atoms with Gasteiger partial charge in [-0.2, -0.15) is 10.4 Å². The summed E-state index contributed by atoms with van der Waals surface area (Å²) >= 11 is 0. The van der Waals surface area contributed by atoms with Crippen LogP contribution in [-0.4, -0.2) is 63.4 Å². The molecule has 0 bridgehead atoms. The van der Waals surface area contributed by atoms with Gasteiger partial charge in [0.25, 0.3) is 5.91 Å². The van der Waals surface area contributed by atoms with E-state index in [1.165, 1.54) is 0 Å². The number of hydrogen-bond donors (Lipinski definition) is 1. The number of nitriles is 1. The number of piperidine rings is 1. The summed E-state index contributed by atoms with van der Waals surface area (Å²) in [5.41, 5.74) is 2.96. The first kappa shape index (κ1) is 22.2. The van der Waals surface area contributed by atoms with E-state index in [0.717, 1.165) is 36.3 Å². The molecule has 1 aromatic carbocycles. The van der Waals surface area contributed by atoms with E-state index in [0.29, 0.717) is 36.6 Å². The average molecular weight is 461 g/mol. The number of aryl methyl sites for hydroxylation is 1. The largest absolute Gasteiger partial charge is 0.496 e. The molecule has 1 amide bonds. The van der Waals surface area contributed by atoms with Gasteiger partial charge >= 0.3 is 0 Å². The number of nitrogens with zero attached hydrogens (tertiary/aromatic N) is 6. The molecule has 176 valence electrons. The van der Waals surface area contributed by atoms with E-state index in [-0.39, 0.29) is 11.9 Å². The minimum absolute atomic E-state index is 0.0577. The normalized spacial score (nSPS) is 22.7. The SMILES string of the molecule is COc1ccccc1C(=O)N1CCCC[C@H]1c1cc2nc(N3C[C@@H](C#N)[C@@H](O)C3)c(C)cn2n1. The van der Waals surface area contributed by atoms with Crippen LogP contribution in [0.2, 0.25) is 0 Å². The molecule has 2 aliphatic rings. The van der Waals surface area contributed by atoms with Crippen molar-refractivity contribution in [3.05, 3.63) is 53.3 Å². The fourth-order valence-corrected chi connectivity index (χ4v) is 5.05. The molecule has 1 N–H and O–H groups in total. The minimum atomic E-state index is -0.681. The Balaban J connectivity index is 1.47. The number of benzene rings is 1. The van der Waals surface area contributed by atoms with Crippen molar-refractivity contribution in [2.75, 3.05) is 31.6 Å². The maximum atomic E-state index is 13.5. The Bertz CT molecular complexity index is 1270. The van der Waals surface area contributed by atoms with Crippen LogP contribution in [0.15, 0.2) is 36.5 Å². The molecule has 2 saturated heterocycles. The molecule has 0 radical (unpaired) electrons. The number of rotatable bonds is 4. The Morgan fingerprint density at radius 1 is 1.26 bits per heavy atom. The molecule has 0 saturated carbocycles. The molecule has 9 nitrogen and oxygen atoms in total. The predicted octanol–water partition coefficient (Wildman–Crippen LogP) is 2.73. The molecule has 34 heavy (non-hydrogen) atoms. The van der Waals surface area contributed by atoms with Crippen LogP contribution in [0.25, 0.3) is 5.65 Å². The van der Waals surface area contributed by atoms with Crippen molar-refractivity contribution in [1.82, 2.24) is 19.5 Å². The molecular weight excluding hydrogens is 432 g/mol. The monoisotopic (exact) mass is 460 g/mol. The number of aliphatic hydroxyl groups is 1. The zero-order valence-corrected chi connectivity index (χ0v) is 19.4. The molecule has 0 spiro atoms. The van der Waals surface area contributed by atoms with Crippen LogP contribution in [0, 0.1) is 24.2 Å². The lowest BCUT2D eigenvalue weighted by Gasteiger charge is -2.35. The van der Waals surface area contributed by atoms with Gasteiger partial charge < -0.3 is 19.6 Å². The van der Waals surface area contributed by atoms with Gasteiger partial charge in [0, 0.05) is 37.5 Å². The second-order valence-electron chi connectivity index (χ2n) is 9.04. The molecule has 2 aromatic heterocycles. The number of fused-ring (bicyclic) bond motifs is 1. The number of carbonyl (C=O) groups excluding carboxylic acids is 1. The van der Waals surface area contributed by atoms with E-state index in [4.69, 9.17) is 14.8 Å². The maximum absolute atomic E-state index is 13.5. The molecule has 2 aliphatic heterocycles. The number of anilines is 1. The maximum Gasteiger partial charge on any atom is 0.258 e. The highest BCUT2D eigenvalue weighted by atomic mass is 16.5. The predicted molar refractivity (Wildman–Crippen MR) is 126 cm³/mol. The van der Waals surface area contributed by atoms with E-state index < -0.39 is 12.0 Å². The number of methoxy groups -OCH3 is 1. The third kappa shape index (κ3) is 3.84. The molecule has 0 aliphatic carbocycles. The van der Waals surface area contributed by atoms with Gasteiger partial charge in [-0.1, -0.05) is 12.1 Å². The highest BCUT2D eigenvalue weighted by Gasteiger charge is 2.34. The van der Waals surface area contributed by atoms with Crippen molar-refractivity contribution in [2.45, 2.75) is 38.3 Å². The van der Waals surface area contributed by atoms with Crippen molar-refractivity contribution >= 4 is 17.4 Å². The Morgan fingerprint density at radius 2 is 2.09 bits per heavy atom. The zero-order chi connectivity index (χ0) is 23.8. The molecule has 4 heterocycles. The number of hydrogen-bond acceptors (Lipinski definition) is 7. The van der Waals surface area contributed by atoms with Gasteiger partial charge in [-0.05, 0) is 38.3 Å². The Morgan fingerprint density at radius 3 is 2.85 bits per heavy atom. The molecule has 2 fully saturated rings. The van der Waals surface area contributed by atoms with E-state index >= 15 is 0 Å². The van der Waals surface area contributed by atoms with E-state index in [9.17, 15) is 15.2 Å². The van der Waals surface area contributed by atoms with Crippen LogP contribution >= 0.6 is 0 Å². The van der Waals surface area contributed by atoms with Crippen LogP contribution in [-0.2, 0) is 0 Å². The average Bonchev–Trinajstić information content (AvgIpc) is 3.45. The van der Waals surface area contributed by atoms with Crippen LogP contribution in [0.1, 0.15) is 46.9 Å². The van der Waals surface area contributed by atoms with Crippen molar-refractivity contribution in [3.63, 3.8) is 0 Å². The number of ether oxygens (including phenoxy) is 1. The van der Waals surface area contributed by atoms with Crippen LogP contribution < -0.4 is 9.64 Å². The summed E-state index contributed by atoms with van der Waals surface area (Å²) in [4.78, 5) is 22.2. The quantitative estimate of drug-likeness (QED) is 0.638. The van der Waals surface area contributed by atoms with E-state index in [2.05, 4.69) is 6.07 Å². The van der Waals surface area contributed by atoms with Gasteiger partial charge in [-0.15, -0.1) is 0 Å². The third-order valence-corrected chi connectivity index (χ3v) is 6.82. The molecule has 3 atom stereocenters. The first-order valence-electron chi connectivity index (χ1n) is 11.6. The van der Waals surface area contributed by atoms with Gasteiger partial charge in [0.2, 0.25) is 0 Å². The topological polar surface area (TPSA) is 107 Å².